The molecule has 0 aliphatic rings. The molecule has 0 amide bonds. The normalized spacial score (nSPS) is 10.4. The lowest BCUT2D eigenvalue weighted by Gasteiger charge is -2.19. The Morgan fingerprint density at radius 3 is 2.50 bits per heavy atom. The summed E-state index contributed by atoms with van der Waals surface area (Å²) in [6.45, 7) is 0.803. The van der Waals surface area contributed by atoms with Crippen LogP contribution >= 0.6 is 23.2 Å². The standard InChI is InChI=1S/C14H14Cl2N2/c1-18(10-11-5-3-2-4-6-11)14-8-7-12(16)13(9-15)17-14/h2-8H,9-10H2,1H3. The Kier molecular flexibility index (Phi) is 4.45. The summed E-state index contributed by atoms with van der Waals surface area (Å²) in [4.78, 5) is 6.52. The van der Waals surface area contributed by atoms with E-state index < -0.39 is 0 Å². The number of halogens is 2. The quantitative estimate of drug-likeness (QED) is 0.784. The van der Waals surface area contributed by atoms with E-state index in [1.54, 1.807) is 0 Å². The fraction of sp³-hybridized carbons (Fsp3) is 0.214. The van der Waals surface area contributed by atoms with Crippen molar-refractivity contribution in [3.63, 3.8) is 0 Å². The average Bonchev–Trinajstić information content (AvgIpc) is 2.40. The summed E-state index contributed by atoms with van der Waals surface area (Å²) in [5.74, 6) is 1.20. The summed E-state index contributed by atoms with van der Waals surface area (Å²) in [7, 11) is 2.00. The lowest BCUT2D eigenvalue weighted by molar-refractivity contribution is 0.891. The second-order valence-corrected chi connectivity index (χ2v) is 4.75. The number of benzene rings is 1. The monoisotopic (exact) mass is 280 g/mol. The summed E-state index contributed by atoms with van der Waals surface area (Å²) < 4.78 is 0. The molecule has 0 fully saturated rings. The number of anilines is 1. The maximum Gasteiger partial charge on any atom is 0.129 e. The van der Waals surface area contributed by atoms with Gasteiger partial charge in [-0.1, -0.05) is 41.9 Å². The third-order valence-corrected chi connectivity index (χ3v) is 3.28. The Hall–Kier alpha value is -1.25. The third-order valence-electron chi connectivity index (χ3n) is 2.68. The Morgan fingerprint density at radius 1 is 1.11 bits per heavy atom. The van der Waals surface area contributed by atoms with E-state index >= 15 is 0 Å². The van der Waals surface area contributed by atoms with Crippen LogP contribution in [0.1, 0.15) is 11.3 Å². The van der Waals surface area contributed by atoms with Gasteiger partial charge in [-0.25, -0.2) is 4.98 Å². The second kappa shape index (κ2) is 6.07. The molecule has 0 N–H and O–H groups in total. The van der Waals surface area contributed by atoms with Gasteiger partial charge in [0, 0.05) is 13.6 Å². The molecule has 0 aliphatic heterocycles. The zero-order chi connectivity index (χ0) is 13.0. The highest BCUT2D eigenvalue weighted by molar-refractivity contribution is 6.32. The first-order valence-corrected chi connectivity index (χ1v) is 6.58. The van der Waals surface area contributed by atoms with Crippen molar-refractivity contribution >= 4 is 29.0 Å². The zero-order valence-electron chi connectivity index (χ0n) is 10.1. The molecular formula is C14H14Cl2N2. The molecule has 0 aliphatic carbocycles. The number of nitrogens with zero attached hydrogens (tertiary/aromatic N) is 2. The Labute approximate surface area is 117 Å². The summed E-state index contributed by atoms with van der Waals surface area (Å²) in [6, 6.07) is 14.0. The van der Waals surface area contributed by atoms with Crippen LogP contribution in [0.25, 0.3) is 0 Å². The molecule has 0 bridgehead atoms. The zero-order valence-corrected chi connectivity index (χ0v) is 11.6. The first-order chi connectivity index (χ1) is 8.70. The van der Waals surface area contributed by atoms with Crippen molar-refractivity contribution in [3.05, 3.63) is 58.7 Å². The van der Waals surface area contributed by atoms with Gasteiger partial charge in [-0.2, -0.15) is 0 Å². The highest BCUT2D eigenvalue weighted by Crippen LogP contribution is 2.21. The van der Waals surface area contributed by atoms with Gasteiger partial charge in [0.25, 0.3) is 0 Å². The van der Waals surface area contributed by atoms with E-state index in [4.69, 9.17) is 23.2 Å². The minimum atomic E-state index is 0.325. The van der Waals surface area contributed by atoms with Crippen molar-refractivity contribution in [3.8, 4) is 0 Å². The molecule has 2 rings (SSSR count). The SMILES string of the molecule is CN(Cc1ccccc1)c1ccc(Cl)c(CCl)n1. The van der Waals surface area contributed by atoms with Crippen LogP contribution in [-0.2, 0) is 12.4 Å². The van der Waals surface area contributed by atoms with Crippen LogP contribution in [0.4, 0.5) is 5.82 Å². The molecule has 0 radical (unpaired) electrons. The van der Waals surface area contributed by atoms with E-state index in [1.807, 2.05) is 37.4 Å². The predicted molar refractivity (Wildman–Crippen MR) is 77.4 cm³/mol. The highest BCUT2D eigenvalue weighted by atomic mass is 35.5. The number of aromatic nitrogens is 1. The predicted octanol–water partition coefficient (Wildman–Crippen LogP) is 4.11. The van der Waals surface area contributed by atoms with Crippen molar-refractivity contribution in [2.45, 2.75) is 12.4 Å². The fourth-order valence-corrected chi connectivity index (χ4v) is 2.16. The van der Waals surface area contributed by atoms with Gasteiger partial charge in [-0.3, -0.25) is 0 Å². The summed E-state index contributed by atoms with van der Waals surface area (Å²) in [5, 5.41) is 0.613. The minimum Gasteiger partial charge on any atom is -0.355 e. The number of hydrogen-bond donors (Lipinski definition) is 0. The number of hydrogen-bond acceptors (Lipinski definition) is 2. The van der Waals surface area contributed by atoms with E-state index in [0.29, 0.717) is 10.9 Å². The van der Waals surface area contributed by atoms with E-state index in [9.17, 15) is 0 Å². The Balaban J connectivity index is 2.16. The van der Waals surface area contributed by atoms with Gasteiger partial charge in [0.15, 0.2) is 0 Å². The molecule has 94 valence electrons. The Morgan fingerprint density at radius 2 is 1.83 bits per heavy atom. The molecule has 18 heavy (non-hydrogen) atoms. The molecule has 0 unspecified atom stereocenters. The van der Waals surface area contributed by atoms with Crippen LogP contribution in [0.5, 0.6) is 0 Å². The van der Waals surface area contributed by atoms with Crippen LogP contribution in [0.15, 0.2) is 42.5 Å². The summed E-state index contributed by atoms with van der Waals surface area (Å²) in [6.07, 6.45) is 0. The minimum absolute atomic E-state index is 0.325. The average molecular weight is 281 g/mol. The lowest BCUT2D eigenvalue weighted by Crippen LogP contribution is -2.18. The third kappa shape index (κ3) is 3.15. The van der Waals surface area contributed by atoms with Crippen LogP contribution in [0.3, 0.4) is 0 Å². The van der Waals surface area contributed by atoms with Crippen LogP contribution < -0.4 is 4.90 Å². The van der Waals surface area contributed by atoms with Crippen molar-refractivity contribution < 1.29 is 0 Å². The molecule has 0 spiro atoms. The lowest BCUT2D eigenvalue weighted by atomic mass is 10.2. The number of rotatable bonds is 4. The van der Waals surface area contributed by atoms with Gasteiger partial charge >= 0.3 is 0 Å². The maximum absolute atomic E-state index is 6.00. The van der Waals surface area contributed by atoms with Crippen LogP contribution in [0, 0.1) is 0 Å². The van der Waals surface area contributed by atoms with Crippen LogP contribution in [0.2, 0.25) is 5.02 Å². The smallest absolute Gasteiger partial charge is 0.129 e. The van der Waals surface area contributed by atoms with Crippen molar-refractivity contribution in [2.75, 3.05) is 11.9 Å². The van der Waals surface area contributed by atoms with Gasteiger partial charge in [0.05, 0.1) is 16.6 Å². The van der Waals surface area contributed by atoms with Crippen molar-refractivity contribution in [1.82, 2.24) is 4.98 Å². The highest BCUT2D eigenvalue weighted by Gasteiger charge is 2.07. The van der Waals surface area contributed by atoms with Crippen molar-refractivity contribution in [2.24, 2.45) is 0 Å². The van der Waals surface area contributed by atoms with E-state index in [1.165, 1.54) is 5.56 Å². The van der Waals surface area contributed by atoms with Crippen molar-refractivity contribution in [1.29, 1.82) is 0 Å². The topological polar surface area (TPSA) is 16.1 Å². The molecule has 1 aromatic heterocycles. The fourth-order valence-electron chi connectivity index (χ4n) is 1.72. The van der Waals surface area contributed by atoms with Crippen LogP contribution in [-0.4, -0.2) is 12.0 Å². The largest absolute Gasteiger partial charge is 0.355 e. The first kappa shape index (κ1) is 13.2. The summed E-state index contributed by atoms with van der Waals surface area (Å²) >= 11 is 11.8. The van der Waals surface area contributed by atoms with Gasteiger partial charge < -0.3 is 4.90 Å². The first-order valence-electron chi connectivity index (χ1n) is 5.67. The van der Waals surface area contributed by atoms with Gasteiger partial charge in [-0.15, -0.1) is 11.6 Å². The molecule has 0 saturated carbocycles. The second-order valence-electron chi connectivity index (χ2n) is 4.07. The molecule has 2 nitrogen and oxygen atoms in total. The van der Waals surface area contributed by atoms with Gasteiger partial charge in [0.2, 0.25) is 0 Å². The molecule has 2 aromatic rings. The number of pyridine rings is 1. The number of alkyl halides is 1. The van der Waals surface area contributed by atoms with E-state index in [2.05, 4.69) is 22.0 Å². The maximum atomic E-state index is 6.00. The van der Waals surface area contributed by atoms with E-state index in [0.717, 1.165) is 18.1 Å². The Bertz CT molecular complexity index is 514. The molecule has 0 saturated heterocycles. The molecular weight excluding hydrogens is 267 g/mol. The molecule has 4 heteroatoms. The van der Waals surface area contributed by atoms with E-state index in [-0.39, 0.29) is 0 Å². The van der Waals surface area contributed by atoms with Gasteiger partial charge in [0.1, 0.15) is 5.82 Å². The molecule has 1 aromatic carbocycles. The molecule has 0 atom stereocenters. The summed E-state index contributed by atoms with van der Waals surface area (Å²) in [5.41, 5.74) is 1.96. The molecule has 1 heterocycles. The van der Waals surface area contributed by atoms with Gasteiger partial charge in [-0.05, 0) is 17.7 Å².